The Hall–Kier alpha value is -1.31. The fourth-order valence-corrected chi connectivity index (χ4v) is 3.00. The van der Waals surface area contributed by atoms with E-state index in [4.69, 9.17) is 0 Å². The average molecular weight is 388 g/mol. The summed E-state index contributed by atoms with van der Waals surface area (Å²) in [5.74, 6) is -0.949. The first-order valence-corrected chi connectivity index (χ1v) is 7.68. The van der Waals surface area contributed by atoms with Crippen LogP contribution in [0.25, 0.3) is 0 Å². The predicted molar refractivity (Wildman–Crippen MR) is 84.8 cm³/mol. The zero-order chi connectivity index (χ0) is 14.6. The summed E-state index contributed by atoms with van der Waals surface area (Å²) in [5.41, 5.74) is -0.440. The van der Waals surface area contributed by atoms with Crippen LogP contribution in [0.2, 0.25) is 0 Å². The maximum absolute atomic E-state index is 12.1. The molecule has 1 saturated carbocycles. The Balaban J connectivity index is 2.06. The van der Waals surface area contributed by atoms with E-state index in [-0.39, 0.29) is 0 Å². The van der Waals surface area contributed by atoms with E-state index in [1.807, 2.05) is 18.2 Å². The van der Waals surface area contributed by atoms with Crippen molar-refractivity contribution in [3.05, 3.63) is 27.8 Å². The van der Waals surface area contributed by atoms with Gasteiger partial charge >= 0.3 is 12.0 Å². The van der Waals surface area contributed by atoms with Gasteiger partial charge in [0.05, 0.1) is 5.69 Å². The molecule has 1 aliphatic rings. The van der Waals surface area contributed by atoms with Crippen molar-refractivity contribution in [1.82, 2.24) is 5.32 Å². The molecule has 20 heavy (non-hydrogen) atoms. The van der Waals surface area contributed by atoms with E-state index in [1.165, 1.54) is 0 Å². The van der Waals surface area contributed by atoms with E-state index in [2.05, 4.69) is 33.2 Å². The quantitative estimate of drug-likeness (QED) is 0.696. The average Bonchev–Trinajstić information content (AvgIpc) is 2.42. The number of carbonyl (C=O) groups is 2. The van der Waals surface area contributed by atoms with Gasteiger partial charge in [-0.15, -0.1) is 0 Å². The van der Waals surface area contributed by atoms with Crippen LogP contribution >= 0.6 is 22.6 Å². The van der Waals surface area contributed by atoms with Gasteiger partial charge in [-0.3, -0.25) is 0 Å². The molecule has 5 nitrogen and oxygen atoms in total. The van der Waals surface area contributed by atoms with E-state index in [0.29, 0.717) is 18.5 Å². The third-order valence-corrected chi connectivity index (χ3v) is 4.53. The predicted octanol–water partition coefficient (Wildman–Crippen LogP) is 3.20. The zero-order valence-corrected chi connectivity index (χ0v) is 13.1. The molecular weight excluding hydrogens is 371 g/mol. The Kier molecular flexibility index (Phi) is 4.85. The molecule has 0 saturated heterocycles. The van der Waals surface area contributed by atoms with Crippen LogP contribution in [0.15, 0.2) is 24.3 Å². The molecule has 2 amide bonds. The van der Waals surface area contributed by atoms with Gasteiger partial charge in [0.2, 0.25) is 0 Å². The second-order valence-corrected chi connectivity index (χ2v) is 6.17. The highest BCUT2D eigenvalue weighted by Gasteiger charge is 2.41. The Bertz CT molecular complexity index is 513. The van der Waals surface area contributed by atoms with Crippen molar-refractivity contribution in [2.24, 2.45) is 0 Å². The van der Waals surface area contributed by atoms with Gasteiger partial charge in [-0.25, -0.2) is 9.59 Å². The monoisotopic (exact) mass is 388 g/mol. The number of carbonyl (C=O) groups excluding carboxylic acids is 1. The smallest absolute Gasteiger partial charge is 0.329 e. The van der Waals surface area contributed by atoms with Gasteiger partial charge < -0.3 is 15.7 Å². The highest BCUT2D eigenvalue weighted by atomic mass is 127. The summed E-state index contributed by atoms with van der Waals surface area (Å²) in [6, 6.07) is 6.91. The van der Waals surface area contributed by atoms with E-state index < -0.39 is 17.5 Å². The van der Waals surface area contributed by atoms with Gasteiger partial charge in [0.15, 0.2) is 0 Å². The summed E-state index contributed by atoms with van der Waals surface area (Å²) in [5, 5.41) is 14.8. The minimum atomic E-state index is -1.12. The van der Waals surface area contributed by atoms with Crippen LogP contribution in [-0.2, 0) is 4.79 Å². The first kappa shape index (κ1) is 15.1. The standard InChI is InChI=1S/C14H17IN2O3/c15-10-6-2-3-7-11(10)16-13(20)17-14(12(18)19)8-4-1-5-9-14/h2-3,6-7H,1,4-5,8-9H2,(H,18,19)(H2,16,17,20). The van der Waals surface area contributed by atoms with Crippen molar-refractivity contribution < 1.29 is 14.7 Å². The lowest BCUT2D eigenvalue weighted by Gasteiger charge is -2.33. The first-order valence-electron chi connectivity index (χ1n) is 6.61. The second-order valence-electron chi connectivity index (χ2n) is 5.01. The Morgan fingerprint density at radius 2 is 1.80 bits per heavy atom. The number of carboxylic acids is 1. The fourth-order valence-electron chi connectivity index (χ4n) is 2.48. The second kappa shape index (κ2) is 6.43. The lowest BCUT2D eigenvalue weighted by molar-refractivity contribution is -0.145. The molecule has 2 rings (SSSR count). The molecule has 3 N–H and O–H groups in total. The number of para-hydroxylation sites is 1. The Labute approximate surface area is 131 Å². The van der Waals surface area contributed by atoms with Gasteiger partial charge in [-0.05, 0) is 47.6 Å². The van der Waals surface area contributed by atoms with Crippen molar-refractivity contribution in [1.29, 1.82) is 0 Å². The maximum Gasteiger partial charge on any atom is 0.329 e. The topological polar surface area (TPSA) is 78.4 Å². The molecule has 0 aliphatic heterocycles. The van der Waals surface area contributed by atoms with E-state index in [9.17, 15) is 14.7 Å². The fraction of sp³-hybridized carbons (Fsp3) is 0.429. The van der Waals surface area contributed by atoms with Crippen LogP contribution in [0.5, 0.6) is 0 Å². The molecule has 0 aromatic heterocycles. The van der Waals surface area contributed by atoms with Gasteiger partial charge in [0, 0.05) is 3.57 Å². The van der Waals surface area contributed by atoms with E-state index in [0.717, 1.165) is 22.8 Å². The molecule has 6 heteroatoms. The summed E-state index contributed by atoms with van der Waals surface area (Å²) in [4.78, 5) is 23.5. The minimum Gasteiger partial charge on any atom is -0.480 e. The summed E-state index contributed by atoms with van der Waals surface area (Å²) in [6.07, 6.45) is 3.66. The number of anilines is 1. The van der Waals surface area contributed by atoms with Crippen LogP contribution in [0.1, 0.15) is 32.1 Å². The number of carboxylic acid groups (broad SMARTS) is 1. The Morgan fingerprint density at radius 3 is 2.40 bits per heavy atom. The van der Waals surface area contributed by atoms with Crippen molar-refractivity contribution in [2.75, 3.05) is 5.32 Å². The molecule has 0 radical (unpaired) electrons. The third-order valence-electron chi connectivity index (χ3n) is 3.59. The van der Waals surface area contributed by atoms with Crippen LogP contribution < -0.4 is 10.6 Å². The highest BCUT2D eigenvalue weighted by molar-refractivity contribution is 14.1. The van der Waals surface area contributed by atoms with Crippen molar-refractivity contribution in [3.63, 3.8) is 0 Å². The molecular formula is C14H17IN2O3. The maximum atomic E-state index is 12.1. The number of hydrogen-bond acceptors (Lipinski definition) is 2. The lowest BCUT2D eigenvalue weighted by atomic mass is 9.82. The van der Waals surface area contributed by atoms with Crippen LogP contribution in [0.4, 0.5) is 10.5 Å². The Morgan fingerprint density at radius 1 is 1.15 bits per heavy atom. The van der Waals surface area contributed by atoms with Crippen LogP contribution in [0, 0.1) is 3.57 Å². The number of rotatable bonds is 3. The number of hydrogen-bond donors (Lipinski definition) is 3. The van der Waals surface area contributed by atoms with Gasteiger partial charge in [0.25, 0.3) is 0 Å². The lowest BCUT2D eigenvalue weighted by Crippen LogP contribution is -2.56. The first-order chi connectivity index (χ1) is 9.53. The molecule has 0 bridgehead atoms. The van der Waals surface area contributed by atoms with Crippen molar-refractivity contribution in [3.8, 4) is 0 Å². The minimum absolute atomic E-state index is 0.460. The van der Waals surface area contributed by atoms with Gasteiger partial charge in [-0.2, -0.15) is 0 Å². The molecule has 1 aromatic carbocycles. The largest absolute Gasteiger partial charge is 0.480 e. The molecule has 108 valence electrons. The number of aliphatic carboxylic acids is 1. The van der Waals surface area contributed by atoms with E-state index >= 15 is 0 Å². The number of urea groups is 1. The molecule has 0 spiro atoms. The van der Waals surface area contributed by atoms with E-state index in [1.54, 1.807) is 6.07 Å². The molecule has 1 fully saturated rings. The summed E-state index contributed by atoms with van der Waals surface area (Å²) in [6.45, 7) is 0. The summed E-state index contributed by atoms with van der Waals surface area (Å²) < 4.78 is 0.910. The van der Waals surface area contributed by atoms with Gasteiger partial charge in [-0.1, -0.05) is 31.4 Å². The summed E-state index contributed by atoms with van der Waals surface area (Å²) >= 11 is 2.12. The molecule has 0 unspecified atom stereocenters. The van der Waals surface area contributed by atoms with Crippen molar-refractivity contribution in [2.45, 2.75) is 37.6 Å². The number of amides is 2. The van der Waals surface area contributed by atoms with Crippen LogP contribution in [-0.4, -0.2) is 22.6 Å². The highest BCUT2D eigenvalue weighted by Crippen LogP contribution is 2.28. The normalized spacial score (nSPS) is 17.2. The number of benzene rings is 1. The van der Waals surface area contributed by atoms with Crippen LogP contribution in [0.3, 0.4) is 0 Å². The molecule has 0 atom stereocenters. The molecule has 1 aromatic rings. The van der Waals surface area contributed by atoms with Crippen molar-refractivity contribution >= 4 is 40.3 Å². The number of halogens is 1. The third kappa shape index (κ3) is 3.41. The molecule has 0 heterocycles. The summed E-state index contributed by atoms with van der Waals surface area (Å²) in [7, 11) is 0. The molecule has 1 aliphatic carbocycles. The zero-order valence-electron chi connectivity index (χ0n) is 11.0. The SMILES string of the molecule is O=C(Nc1ccccc1I)NC1(C(=O)O)CCCCC1. The van der Waals surface area contributed by atoms with Gasteiger partial charge in [0.1, 0.15) is 5.54 Å². The number of nitrogens with one attached hydrogen (secondary N) is 2.